The van der Waals surface area contributed by atoms with Gasteiger partial charge in [-0.2, -0.15) is 4.37 Å². The third-order valence-electron chi connectivity index (χ3n) is 3.17. The van der Waals surface area contributed by atoms with E-state index in [1.54, 1.807) is 0 Å². The first-order valence-corrected chi connectivity index (χ1v) is 8.88. The number of amides is 1. The van der Waals surface area contributed by atoms with Crippen LogP contribution in [0.25, 0.3) is 0 Å². The highest BCUT2D eigenvalue weighted by Gasteiger charge is 2.51. The van der Waals surface area contributed by atoms with Crippen LogP contribution < -0.4 is 5.73 Å². The van der Waals surface area contributed by atoms with Crippen LogP contribution in [0.1, 0.15) is 5.82 Å². The first kappa shape index (κ1) is 14.8. The van der Waals surface area contributed by atoms with Crippen molar-refractivity contribution in [1.29, 1.82) is 0 Å². The summed E-state index contributed by atoms with van der Waals surface area (Å²) in [5.74, 6) is 0.351. The van der Waals surface area contributed by atoms with Gasteiger partial charge in [0.25, 0.3) is 0 Å². The summed E-state index contributed by atoms with van der Waals surface area (Å²) in [6.45, 7) is 1.81. The second-order valence-electron chi connectivity index (χ2n) is 4.59. The molecule has 3 heterocycles. The lowest BCUT2D eigenvalue weighted by Crippen LogP contribution is -2.68. The molecule has 21 heavy (non-hydrogen) atoms. The lowest BCUT2D eigenvalue weighted by atomic mass is 10.0. The van der Waals surface area contributed by atoms with Gasteiger partial charge >= 0.3 is 5.97 Å². The summed E-state index contributed by atoms with van der Waals surface area (Å²) in [5.41, 5.74) is 6.51. The maximum absolute atomic E-state index is 11.8. The Labute approximate surface area is 133 Å². The molecule has 0 bridgehead atoms. The van der Waals surface area contributed by atoms with Crippen LogP contribution in [0, 0.1) is 6.92 Å². The summed E-state index contributed by atoms with van der Waals surface area (Å²) in [7, 11) is 0. The zero-order chi connectivity index (χ0) is 15.1. The second-order valence-corrected chi connectivity index (χ2v) is 7.67. The standard InChI is InChI=1S/C11H12N4O3S3/c1-4-13-11(21-14-4)20-3-5-2-19-9-6(12)8(16)15(9)7(5)10(17)18/h6,9H,2-3,12H2,1H3,(H,17,18)/t6?,9-/m1/s1. The summed E-state index contributed by atoms with van der Waals surface area (Å²) in [6.07, 6.45) is 0. The summed E-state index contributed by atoms with van der Waals surface area (Å²) in [6, 6.07) is -0.593. The number of hydrogen-bond acceptors (Lipinski definition) is 8. The Bertz CT molecular complexity index is 644. The molecule has 0 saturated carbocycles. The van der Waals surface area contributed by atoms with Crippen molar-refractivity contribution in [3.63, 3.8) is 0 Å². The number of aryl methyl sites for hydroxylation is 1. The molecule has 0 aliphatic carbocycles. The van der Waals surface area contributed by atoms with E-state index in [0.717, 1.165) is 9.91 Å². The Hall–Kier alpha value is -1.10. The molecule has 2 aliphatic rings. The van der Waals surface area contributed by atoms with Crippen LogP contribution in [-0.2, 0) is 9.59 Å². The zero-order valence-corrected chi connectivity index (χ0v) is 13.4. The van der Waals surface area contributed by atoms with E-state index in [2.05, 4.69) is 9.36 Å². The third-order valence-corrected chi connectivity index (χ3v) is 6.54. The number of aromatic nitrogens is 2. The minimum atomic E-state index is -1.08. The fourth-order valence-electron chi connectivity index (χ4n) is 2.18. The van der Waals surface area contributed by atoms with E-state index in [1.807, 2.05) is 6.92 Å². The van der Waals surface area contributed by atoms with E-state index in [1.165, 1.54) is 40.0 Å². The predicted molar refractivity (Wildman–Crippen MR) is 81.1 cm³/mol. The maximum Gasteiger partial charge on any atom is 0.352 e. The predicted octanol–water partition coefficient (Wildman–Crippen LogP) is 0.520. The van der Waals surface area contributed by atoms with Gasteiger partial charge in [0.15, 0.2) is 4.34 Å². The number of nitrogens with zero attached hydrogens (tertiary/aromatic N) is 3. The largest absolute Gasteiger partial charge is 0.477 e. The molecule has 1 aromatic rings. The summed E-state index contributed by atoms with van der Waals surface area (Å²) in [4.78, 5) is 28.8. The summed E-state index contributed by atoms with van der Waals surface area (Å²) < 4.78 is 4.88. The fraction of sp³-hybridized carbons (Fsp3) is 0.455. The molecule has 1 unspecified atom stereocenters. The number of aliphatic carboxylic acids is 1. The number of fused-ring (bicyclic) bond motifs is 1. The van der Waals surface area contributed by atoms with Crippen molar-refractivity contribution < 1.29 is 14.7 Å². The first-order valence-electron chi connectivity index (χ1n) is 6.07. The van der Waals surface area contributed by atoms with Crippen LogP contribution >= 0.6 is 35.1 Å². The molecule has 0 aromatic carbocycles. The normalized spacial score (nSPS) is 24.9. The SMILES string of the molecule is Cc1nsc(SCC2=C(C(=O)O)N3C(=O)C(N)[C@H]3SC2)n1. The van der Waals surface area contributed by atoms with E-state index in [0.29, 0.717) is 17.3 Å². The average molecular weight is 344 g/mol. The molecule has 2 atom stereocenters. The van der Waals surface area contributed by atoms with Crippen molar-refractivity contribution in [3.8, 4) is 0 Å². The van der Waals surface area contributed by atoms with E-state index in [4.69, 9.17) is 5.73 Å². The lowest BCUT2D eigenvalue weighted by molar-refractivity contribution is -0.147. The number of thioether (sulfide) groups is 2. The molecular weight excluding hydrogens is 332 g/mol. The number of rotatable bonds is 4. The number of β-lactam (4-membered cyclic amide) rings is 1. The fourth-order valence-corrected chi connectivity index (χ4v) is 5.26. The molecule has 0 radical (unpaired) electrons. The van der Waals surface area contributed by atoms with Gasteiger partial charge in [-0.25, -0.2) is 9.78 Å². The molecule has 0 spiro atoms. The van der Waals surface area contributed by atoms with E-state index in [9.17, 15) is 14.7 Å². The van der Waals surface area contributed by atoms with Crippen LogP contribution in [0.4, 0.5) is 0 Å². The average Bonchev–Trinajstić information content (AvgIpc) is 2.88. The smallest absolute Gasteiger partial charge is 0.352 e. The highest BCUT2D eigenvalue weighted by atomic mass is 32.2. The molecule has 10 heteroatoms. The van der Waals surface area contributed by atoms with Crippen LogP contribution in [0.2, 0.25) is 0 Å². The van der Waals surface area contributed by atoms with Gasteiger partial charge in [-0.1, -0.05) is 11.8 Å². The van der Waals surface area contributed by atoms with E-state index < -0.39 is 12.0 Å². The Kier molecular flexibility index (Phi) is 3.95. The lowest BCUT2D eigenvalue weighted by Gasteiger charge is -2.48. The minimum Gasteiger partial charge on any atom is -0.477 e. The number of nitrogens with two attached hydrogens (primary N) is 1. The molecule has 3 N–H and O–H groups in total. The number of hydrogen-bond donors (Lipinski definition) is 2. The van der Waals surface area contributed by atoms with Gasteiger partial charge in [0.2, 0.25) is 5.91 Å². The second kappa shape index (κ2) is 5.59. The monoisotopic (exact) mass is 344 g/mol. The molecule has 1 aromatic heterocycles. The van der Waals surface area contributed by atoms with Crippen LogP contribution in [0.5, 0.6) is 0 Å². The summed E-state index contributed by atoms with van der Waals surface area (Å²) >= 11 is 4.24. The third kappa shape index (κ3) is 2.56. The van der Waals surface area contributed by atoms with Gasteiger partial charge in [-0.15, -0.1) is 11.8 Å². The number of carbonyl (C=O) groups is 2. The van der Waals surface area contributed by atoms with Crippen molar-refractivity contribution in [2.75, 3.05) is 11.5 Å². The Morgan fingerprint density at radius 2 is 2.38 bits per heavy atom. The highest BCUT2D eigenvalue weighted by Crippen LogP contribution is 2.40. The molecule has 3 rings (SSSR count). The molecule has 2 aliphatic heterocycles. The zero-order valence-electron chi connectivity index (χ0n) is 11.0. The van der Waals surface area contributed by atoms with Crippen LogP contribution in [0.15, 0.2) is 15.6 Å². The quantitative estimate of drug-likeness (QED) is 0.601. The van der Waals surface area contributed by atoms with E-state index >= 15 is 0 Å². The van der Waals surface area contributed by atoms with Gasteiger partial charge in [0.1, 0.15) is 22.9 Å². The van der Waals surface area contributed by atoms with Gasteiger partial charge in [-0.3, -0.25) is 9.69 Å². The Morgan fingerprint density at radius 3 is 3.00 bits per heavy atom. The van der Waals surface area contributed by atoms with Crippen molar-refractivity contribution in [3.05, 3.63) is 17.1 Å². The summed E-state index contributed by atoms with van der Waals surface area (Å²) in [5, 5.41) is 9.15. The van der Waals surface area contributed by atoms with Crippen LogP contribution in [0.3, 0.4) is 0 Å². The van der Waals surface area contributed by atoms with Gasteiger partial charge < -0.3 is 10.8 Å². The Morgan fingerprint density at radius 1 is 1.62 bits per heavy atom. The van der Waals surface area contributed by atoms with Gasteiger partial charge in [0.05, 0.1) is 0 Å². The molecule has 112 valence electrons. The molecule has 1 saturated heterocycles. The molecule has 7 nitrogen and oxygen atoms in total. The van der Waals surface area contributed by atoms with Crippen molar-refractivity contribution >= 4 is 46.9 Å². The first-order chi connectivity index (χ1) is 9.99. The number of carboxylic acid groups (broad SMARTS) is 1. The molecular formula is C11H12N4O3S3. The van der Waals surface area contributed by atoms with E-state index in [-0.39, 0.29) is 17.0 Å². The van der Waals surface area contributed by atoms with Crippen molar-refractivity contribution in [1.82, 2.24) is 14.3 Å². The molecule has 1 amide bonds. The van der Waals surface area contributed by atoms with Gasteiger partial charge in [-0.05, 0) is 24.0 Å². The van der Waals surface area contributed by atoms with Crippen molar-refractivity contribution in [2.45, 2.75) is 22.7 Å². The number of carbonyl (C=O) groups excluding carboxylic acids is 1. The number of carboxylic acids is 1. The van der Waals surface area contributed by atoms with Crippen molar-refractivity contribution in [2.24, 2.45) is 5.73 Å². The maximum atomic E-state index is 11.8. The Balaban J connectivity index is 1.81. The minimum absolute atomic E-state index is 0.0826. The topological polar surface area (TPSA) is 109 Å². The highest BCUT2D eigenvalue weighted by molar-refractivity contribution is 8.01. The van der Waals surface area contributed by atoms with Gasteiger partial charge in [0, 0.05) is 11.5 Å². The molecule has 1 fully saturated rings. The van der Waals surface area contributed by atoms with Crippen LogP contribution in [-0.4, -0.2) is 54.2 Å².